The fraction of sp³-hybridized carbons (Fsp3) is 0.385. The number of hydrogen-bond donors (Lipinski definition) is 1. The van der Waals surface area contributed by atoms with E-state index in [-0.39, 0.29) is 11.9 Å². The zero-order chi connectivity index (χ0) is 13.3. The van der Waals surface area contributed by atoms with Gasteiger partial charge in [-0.05, 0) is 32.9 Å². The van der Waals surface area contributed by atoms with E-state index in [0.717, 1.165) is 15.6 Å². The number of thiazole rings is 1. The van der Waals surface area contributed by atoms with Crippen molar-refractivity contribution in [1.29, 1.82) is 0 Å². The van der Waals surface area contributed by atoms with Crippen LogP contribution in [0.5, 0.6) is 0 Å². The molecule has 2 heterocycles. The number of carbonyl (C=O) groups excluding carboxylic acids is 1. The molecule has 0 unspecified atom stereocenters. The van der Waals surface area contributed by atoms with E-state index in [4.69, 9.17) is 0 Å². The second-order valence-electron chi connectivity index (χ2n) is 4.37. The largest absolute Gasteiger partial charge is 0.347 e. The summed E-state index contributed by atoms with van der Waals surface area (Å²) in [5.41, 5.74) is 1.62. The highest BCUT2D eigenvalue weighted by Gasteiger charge is 2.17. The first kappa shape index (κ1) is 12.8. The van der Waals surface area contributed by atoms with Gasteiger partial charge in [0.05, 0.1) is 16.7 Å². The number of rotatable bonds is 3. The molecule has 96 valence electrons. The number of hydrogen-bond acceptors (Lipinski definition) is 3. The first-order valence-corrected chi connectivity index (χ1v) is 6.67. The van der Waals surface area contributed by atoms with Gasteiger partial charge >= 0.3 is 0 Å². The molecule has 0 saturated carbocycles. The molecule has 1 atom stereocenters. The molecule has 2 aromatic rings. The third-order valence-electron chi connectivity index (χ3n) is 2.87. The molecule has 2 aromatic heterocycles. The fourth-order valence-electron chi connectivity index (χ4n) is 1.98. The summed E-state index contributed by atoms with van der Waals surface area (Å²) in [7, 11) is 1.86. The molecule has 5 heteroatoms. The van der Waals surface area contributed by atoms with Gasteiger partial charge in [0.15, 0.2) is 0 Å². The lowest BCUT2D eigenvalue weighted by molar-refractivity contribution is 0.0931. The van der Waals surface area contributed by atoms with Gasteiger partial charge < -0.3 is 9.88 Å². The summed E-state index contributed by atoms with van der Waals surface area (Å²) in [6.07, 6.45) is 1.86. The lowest BCUT2D eigenvalue weighted by atomic mass is 10.2. The standard InChI is InChI=1S/C13H17N3OS/c1-8(12-9(2)18-10(3)15-12)14-13(17)11-6-5-7-16(11)4/h5-8H,1-4H3,(H,14,17)/t8-/m1/s1. The summed E-state index contributed by atoms with van der Waals surface area (Å²) in [6, 6.07) is 3.59. The monoisotopic (exact) mass is 263 g/mol. The average molecular weight is 263 g/mol. The van der Waals surface area contributed by atoms with Crippen molar-refractivity contribution in [1.82, 2.24) is 14.9 Å². The highest BCUT2D eigenvalue weighted by Crippen LogP contribution is 2.22. The first-order valence-electron chi connectivity index (χ1n) is 5.85. The minimum atomic E-state index is -0.0719. The van der Waals surface area contributed by atoms with Gasteiger partial charge in [0, 0.05) is 18.1 Å². The molecule has 4 nitrogen and oxygen atoms in total. The zero-order valence-electron chi connectivity index (χ0n) is 11.0. The molecule has 1 amide bonds. The highest BCUT2D eigenvalue weighted by atomic mass is 32.1. The second-order valence-corrected chi connectivity index (χ2v) is 5.78. The minimum absolute atomic E-state index is 0.0694. The van der Waals surface area contributed by atoms with E-state index < -0.39 is 0 Å². The van der Waals surface area contributed by atoms with Crippen LogP contribution in [0.4, 0.5) is 0 Å². The van der Waals surface area contributed by atoms with Crippen LogP contribution in [-0.4, -0.2) is 15.5 Å². The van der Waals surface area contributed by atoms with E-state index in [9.17, 15) is 4.79 Å². The van der Waals surface area contributed by atoms with E-state index in [1.54, 1.807) is 22.0 Å². The number of aromatic nitrogens is 2. The fourth-order valence-corrected chi connectivity index (χ4v) is 2.90. The second kappa shape index (κ2) is 4.94. The lowest BCUT2D eigenvalue weighted by Crippen LogP contribution is -2.28. The molecule has 2 rings (SSSR count). The Kier molecular flexibility index (Phi) is 3.52. The number of amides is 1. The third kappa shape index (κ3) is 2.46. The zero-order valence-corrected chi connectivity index (χ0v) is 11.8. The summed E-state index contributed by atoms with van der Waals surface area (Å²) in [5, 5.41) is 4.01. The van der Waals surface area contributed by atoms with Gasteiger partial charge in [0.1, 0.15) is 5.69 Å². The Morgan fingerprint density at radius 2 is 2.22 bits per heavy atom. The van der Waals surface area contributed by atoms with Crippen LogP contribution in [0.2, 0.25) is 0 Å². The molecule has 0 aliphatic carbocycles. The quantitative estimate of drug-likeness (QED) is 0.925. The molecule has 0 aliphatic heterocycles. The van der Waals surface area contributed by atoms with Crippen LogP contribution >= 0.6 is 11.3 Å². The minimum Gasteiger partial charge on any atom is -0.347 e. The molecule has 1 N–H and O–H groups in total. The number of carbonyl (C=O) groups is 1. The Bertz CT molecular complexity index is 571. The highest BCUT2D eigenvalue weighted by molar-refractivity contribution is 7.11. The molecule has 0 aliphatic rings. The van der Waals surface area contributed by atoms with E-state index in [2.05, 4.69) is 10.3 Å². The van der Waals surface area contributed by atoms with E-state index >= 15 is 0 Å². The average Bonchev–Trinajstić information content (AvgIpc) is 2.84. The Labute approximate surface area is 111 Å². The van der Waals surface area contributed by atoms with Crippen molar-refractivity contribution in [2.24, 2.45) is 7.05 Å². The lowest BCUT2D eigenvalue weighted by Gasteiger charge is -2.13. The Balaban J connectivity index is 2.13. The normalized spacial score (nSPS) is 12.4. The van der Waals surface area contributed by atoms with Crippen molar-refractivity contribution < 1.29 is 4.79 Å². The van der Waals surface area contributed by atoms with Crippen molar-refractivity contribution in [2.75, 3.05) is 0 Å². The molecular weight excluding hydrogens is 246 g/mol. The van der Waals surface area contributed by atoms with Gasteiger partial charge in [-0.15, -0.1) is 11.3 Å². The summed E-state index contributed by atoms with van der Waals surface area (Å²) in [6.45, 7) is 5.97. The van der Waals surface area contributed by atoms with Crippen LogP contribution in [0, 0.1) is 13.8 Å². The summed E-state index contributed by atoms with van der Waals surface area (Å²) < 4.78 is 1.81. The van der Waals surface area contributed by atoms with Crippen molar-refractivity contribution in [3.63, 3.8) is 0 Å². The van der Waals surface area contributed by atoms with E-state index in [0.29, 0.717) is 5.69 Å². The van der Waals surface area contributed by atoms with Gasteiger partial charge in [0.2, 0.25) is 0 Å². The van der Waals surface area contributed by atoms with Crippen molar-refractivity contribution in [3.05, 3.63) is 39.6 Å². The van der Waals surface area contributed by atoms with Crippen LogP contribution in [0.3, 0.4) is 0 Å². The summed E-state index contributed by atoms with van der Waals surface area (Å²) >= 11 is 1.66. The van der Waals surface area contributed by atoms with Crippen LogP contribution < -0.4 is 5.32 Å². The molecule has 0 fully saturated rings. The van der Waals surface area contributed by atoms with Gasteiger partial charge in [-0.2, -0.15) is 0 Å². The van der Waals surface area contributed by atoms with E-state index in [1.165, 1.54) is 0 Å². The van der Waals surface area contributed by atoms with Crippen LogP contribution in [-0.2, 0) is 7.05 Å². The maximum Gasteiger partial charge on any atom is 0.268 e. The van der Waals surface area contributed by atoms with Crippen LogP contribution in [0.1, 0.15) is 39.0 Å². The van der Waals surface area contributed by atoms with Gasteiger partial charge in [0.25, 0.3) is 5.91 Å². The Morgan fingerprint density at radius 3 is 2.72 bits per heavy atom. The summed E-state index contributed by atoms with van der Waals surface area (Å²) in [4.78, 5) is 17.7. The maximum atomic E-state index is 12.1. The Hall–Kier alpha value is -1.62. The SMILES string of the molecule is Cc1nc([C@@H](C)NC(=O)c2cccn2C)c(C)s1. The first-order chi connectivity index (χ1) is 8.49. The van der Waals surface area contributed by atoms with Crippen molar-refractivity contribution in [3.8, 4) is 0 Å². The molecule has 0 aromatic carbocycles. The molecule has 0 radical (unpaired) electrons. The molecule has 0 spiro atoms. The molecule has 0 saturated heterocycles. The molecular formula is C13H17N3OS. The molecule has 18 heavy (non-hydrogen) atoms. The summed E-state index contributed by atoms with van der Waals surface area (Å²) in [5.74, 6) is -0.0694. The van der Waals surface area contributed by atoms with E-state index in [1.807, 2.05) is 40.1 Å². The van der Waals surface area contributed by atoms with Crippen LogP contribution in [0.25, 0.3) is 0 Å². The smallest absolute Gasteiger partial charge is 0.268 e. The van der Waals surface area contributed by atoms with Crippen molar-refractivity contribution >= 4 is 17.2 Å². The number of nitrogens with one attached hydrogen (secondary N) is 1. The number of nitrogens with zero attached hydrogens (tertiary/aromatic N) is 2. The predicted octanol–water partition coefficient (Wildman–Crippen LogP) is 2.59. The topological polar surface area (TPSA) is 46.9 Å². The third-order valence-corrected chi connectivity index (χ3v) is 3.78. The predicted molar refractivity (Wildman–Crippen MR) is 72.9 cm³/mol. The van der Waals surface area contributed by atoms with Gasteiger partial charge in [-0.1, -0.05) is 0 Å². The Morgan fingerprint density at radius 1 is 1.50 bits per heavy atom. The molecule has 0 bridgehead atoms. The van der Waals surface area contributed by atoms with Crippen LogP contribution in [0.15, 0.2) is 18.3 Å². The number of aryl methyl sites for hydroxylation is 3. The maximum absolute atomic E-state index is 12.1. The van der Waals surface area contributed by atoms with Gasteiger partial charge in [-0.25, -0.2) is 4.98 Å². The van der Waals surface area contributed by atoms with Crippen molar-refractivity contribution in [2.45, 2.75) is 26.8 Å². The van der Waals surface area contributed by atoms with Gasteiger partial charge in [-0.3, -0.25) is 4.79 Å².